The van der Waals surface area contributed by atoms with Gasteiger partial charge in [-0.05, 0) is 41.8 Å². The second-order valence-electron chi connectivity index (χ2n) is 5.64. The molecule has 0 aromatic heterocycles. The first-order valence-electron chi connectivity index (χ1n) is 8.08. The van der Waals surface area contributed by atoms with Gasteiger partial charge in [0, 0.05) is 17.8 Å². The Labute approximate surface area is 136 Å². The fourth-order valence-electron chi connectivity index (χ4n) is 2.88. The van der Waals surface area contributed by atoms with Crippen LogP contribution in [-0.2, 0) is 24.3 Å². The number of hydrogen-bond donors (Lipinski definition) is 2. The Morgan fingerprint density at radius 1 is 1.17 bits per heavy atom. The van der Waals surface area contributed by atoms with E-state index in [4.69, 9.17) is 4.74 Å². The van der Waals surface area contributed by atoms with Gasteiger partial charge < -0.3 is 15.4 Å². The summed E-state index contributed by atoms with van der Waals surface area (Å²) in [6.07, 6.45) is 0.790. The van der Waals surface area contributed by atoms with Crippen molar-refractivity contribution in [3.63, 3.8) is 0 Å². The van der Waals surface area contributed by atoms with Crippen molar-refractivity contribution >= 4 is 11.6 Å². The van der Waals surface area contributed by atoms with E-state index in [-0.39, 0.29) is 5.91 Å². The highest BCUT2D eigenvalue weighted by atomic mass is 16.5. The van der Waals surface area contributed by atoms with Gasteiger partial charge in [0.25, 0.3) is 5.91 Å². The van der Waals surface area contributed by atoms with Gasteiger partial charge in [0.15, 0.2) is 0 Å². The number of benzene rings is 2. The highest BCUT2D eigenvalue weighted by Crippen LogP contribution is 2.23. The number of ether oxygens (including phenoxy) is 1. The van der Waals surface area contributed by atoms with Crippen LogP contribution < -0.4 is 10.6 Å². The normalized spacial score (nSPS) is 13.4. The Kier molecular flexibility index (Phi) is 5.05. The lowest BCUT2D eigenvalue weighted by molar-refractivity contribution is 0.100. The first-order chi connectivity index (χ1) is 11.3. The SMILES string of the molecule is CCNCc1ccccc1NC(=O)c1cccc2c1CCOC2. The lowest BCUT2D eigenvalue weighted by atomic mass is 9.96. The molecule has 0 spiro atoms. The molecule has 2 aromatic rings. The number of nitrogens with one attached hydrogen (secondary N) is 2. The zero-order chi connectivity index (χ0) is 16.1. The number of para-hydroxylation sites is 1. The largest absolute Gasteiger partial charge is 0.376 e. The second-order valence-corrected chi connectivity index (χ2v) is 5.64. The van der Waals surface area contributed by atoms with Gasteiger partial charge in [0.05, 0.1) is 13.2 Å². The summed E-state index contributed by atoms with van der Waals surface area (Å²) in [5.41, 5.74) is 4.94. The molecule has 0 saturated heterocycles. The van der Waals surface area contributed by atoms with Gasteiger partial charge in [-0.3, -0.25) is 4.79 Å². The van der Waals surface area contributed by atoms with Crippen LogP contribution >= 0.6 is 0 Å². The molecule has 0 unspecified atom stereocenters. The Balaban J connectivity index is 1.83. The van der Waals surface area contributed by atoms with Crippen LogP contribution in [0.3, 0.4) is 0 Å². The van der Waals surface area contributed by atoms with Crippen molar-refractivity contribution in [2.24, 2.45) is 0 Å². The van der Waals surface area contributed by atoms with Crippen molar-refractivity contribution in [2.45, 2.75) is 26.5 Å². The molecule has 0 aliphatic carbocycles. The number of carbonyl (C=O) groups is 1. The summed E-state index contributed by atoms with van der Waals surface area (Å²) >= 11 is 0. The Morgan fingerprint density at radius 3 is 2.91 bits per heavy atom. The average Bonchev–Trinajstić information content (AvgIpc) is 2.60. The van der Waals surface area contributed by atoms with Crippen molar-refractivity contribution in [3.8, 4) is 0 Å². The number of hydrogen-bond acceptors (Lipinski definition) is 3. The highest BCUT2D eigenvalue weighted by Gasteiger charge is 2.18. The quantitative estimate of drug-likeness (QED) is 0.892. The highest BCUT2D eigenvalue weighted by molar-refractivity contribution is 6.05. The summed E-state index contributed by atoms with van der Waals surface area (Å²) in [7, 11) is 0. The molecule has 2 aromatic carbocycles. The number of rotatable bonds is 5. The van der Waals surface area contributed by atoms with Crippen LogP contribution in [0.15, 0.2) is 42.5 Å². The molecule has 23 heavy (non-hydrogen) atoms. The third-order valence-corrected chi connectivity index (χ3v) is 4.10. The van der Waals surface area contributed by atoms with E-state index < -0.39 is 0 Å². The van der Waals surface area contributed by atoms with E-state index >= 15 is 0 Å². The molecule has 2 N–H and O–H groups in total. The fraction of sp³-hybridized carbons (Fsp3) is 0.316. The molecule has 1 aliphatic heterocycles. The lowest BCUT2D eigenvalue weighted by Gasteiger charge is -2.20. The van der Waals surface area contributed by atoms with Crippen molar-refractivity contribution in [1.82, 2.24) is 5.32 Å². The van der Waals surface area contributed by atoms with Crippen LogP contribution in [0.4, 0.5) is 5.69 Å². The van der Waals surface area contributed by atoms with Crippen LogP contribution in [0.1, 0.15) is 34.0 Å². The molecule has 0 bridgehead atoms. The molecule has 0 fully saturated rings. The van der Waals surface area contributed by atoms with Crippen LogP contribution in [0, 0.1) is 0 Å². The second kappa shape index (κ2) is 7.40. The molecule has 4 heteroatoms. The molecule has 120 valence electrons. The predicted molar refractivity (Wildman–Crippen MR) is 91.6 cm³/mol. The topological polar surface area (TPSA) is 50.4 Å². The van der Waals surface area contributed by atoms with Gasteiger partial charge in [-0.25, -0.2) is 0 Å². The molecule has 1 aliphatic rings. The summed E-state index contributed by atoms with van der Waals surface area (Å²) < 4.78 is 5.47. The van der Waals surface area contributed by atoms with E-state index in [1.54, 1.807) is 0 Å². The van der Waals surface area contributed by atoms with E-state index in [1.807, 2.05) is 42.5 Å². The zero-order valence-electron chi connectivity index (χ0n) is 13.4. The molecule has 0 atom stereocenters. The van der Waals surface area contributed by atoms with Crippen LogP contribution in [0.2, 0.25) is 0 Å². The first-order valence-corrected chi connectivity index (χ1v) is 8.08. The van der Waals surface area contributed by atoms with Crippen LogP contribution in [-0.4, -0.2) is 19.1 Å². The maximum atomic E-state index is 12.7. The number of carbonyl (C=O) groups excluding carboxylic acids is 1. The first kappa shape index (κ1) is 15.7. The average molecular weight is 310 g/mol. The monoisotopic (exact) mass is 310 g/mol. The molecule has 1 amide bonds. The summed E-state index contributed by atoms with van der Waals surface area (Å²) in [5, 5.41) is 6.37. The van der Waals surface area contributed by atoms with Crippen LogP contribution in [0.5, 0.6) is 0 Å². The molecule has 4 nitrogen and oxygen atoms in total. The lowest BCUT2D eigenvalue weighted by Crippen LogP contribution is -2.20. The van der Waals surface area contributed by atoms with Gasteiger partial charge >= 0.3 is 0 Å². The van der Waals surface area contributed by atoms with Gasteiger partial charge in [0.1, 0.15) is 0 Å². The summed E-state index contributed by atoms with van der Waals surface area (Å²) in [5.74, 6) is -0.0484. The smallest absolute Gasteiger partial charge is 0.255 e. The standard InChI is InChI=1S/C19H22N2O2/c1-2-20-12-14-6-3-4-9-18(14)21-19(22)17-8-5-7-15-13-23-11-10-16(15)17/h3-9,20H,2,10-13H2,1H3,(H,21,22). The Bertz CT molecular complexity index is 698. The van der Waals surface area contributed by atoms with E-state index in [1.165, 1.54) is 0 Å². The fourth-order valence-corrected chi connectivity index (χ4v) is 2.88. The van der Waals surface area contributed by atoms with Crippen LogP contribution in [0.25, 0.3) is 0 Å². The predicted octanol–water partition coefficient (Wildman–Crippen LogP) is 3.12. The van der Waals surface area contributed by atoms with Gasteiger partial charge in [-0.2, -0.15) is 0 Å². The summed E-state index contributed by atoms with van der Waals surface area (Å²) in [4.78, 5) is 12.7. The van der Waals surface area contributed by atoms with Crippen molar-refractivity contribution in [1.29, 1.82) is 0 Å². The van der Waals surface area contributed by atoms with Gasteiger partial charge in [-0.15, -0.1) is 0 Å². The molecular formula is C19H22N2O2. The number of fused-ring (bicyclic) bond motifs is 1. The maximum absolute atomic E-state index is 12.7. The van der Waals surface area contributed by atoms with Crippen molar-refractivity contribution < 1.29 is 9.53 Å². The minimum Gasteiger partial charge on any atom is -0.376 e. The summed E-state index contributed by atoms with van der Waals surface area (Å²) in [6, 6.07) is 13.8. The van der Waals surface area contributed by atoms with Gasteiger partial charge in [0.2, 0.25) is 0 Å². The zero-order valence-corrected chi connectivity index (χ0v) is 13.4. The molecule has 0 saturated carbocycles. The molecule has 1 heterocycles. The van der Waals surface area contributed by atoms with E-state index in [0.29, 0.717) is 13.2 Å². The Hall–Kier alpha value is -2.17. The van der Waals surface area contributed by atoms with Gasteiger partial charge in [-0.1, -0.05) is 37.3 Å². The van der Waals surface area contributed by atoms with E-state index in [0.717, 1.165) is 47.5 Å². The van der Waals surface area contributed by atoms with E-state index in [2.05, 4.69) is 17.6 Å². The van der Waals surface area contributed by atoms with Crippen molar-refractivity contribution in [2.75, 3.05) is 18.5 Å². The molecule has 0 radical (unpaired) electrons. The minimum atomic E-state index is -0.0484. The summed E-state index contributed by atoms with van der Waals surface area (Å²) in [6.45, 7) is 4.98. The van der Waals surface area contributed by atoms with E-state index in [9.17, 15) is 4.79 Å². The third kappa shape index (κ3) is 3.60. The molecular weight excluding hydrogens is 288 g/mol. The number of anilines is 1. The Morgan fingerprint density at radius 2 is 2.04 bits per heavy atom. The minimum absolute atomic E-state index is 0.0484. The third-order valence-electron chi connectivity index (χ3n) is 4.10. The molecule has 3 rings (SSSR count). The maximum Gasteiger partial charge on any atom is 0.255 e. The van der Waals surface area contributed by atoms with Crippen molar-refractivity contribution in [3.05, 3.63) is 64.7 Å². The number of amides is 1.